The van der Waals surface area contributed by atoms with Crippen LogP contribution in [0.3, 0.4) is 0 Å². The first-order valence-corrected chi connectivity index (χ1v) is 6.68. The maximum absolute atomic E-state index is 5.73. The molecule has 4 heteroatoms. The third kappa shape index (κ3) is 3.01. The fourth-order valence-corrected chi connectivity index (χ4v) is 1.86. The second kappa shape index (κ2) is 5.87. The van der Waals surface area contributed by atoms with Gasteiger partial charge in [-0.3, -0.25) is 0 Å². The van der Waals surface area contributed by atoms with E-state index in [-0.39, 0.29) is 0 Å². The molecule has 0 bridgehead atoms. The van der Waals surface area contributed by atoms with Crippen LogP contribution in [0.15, 0.2) is 36.5 Å². The summed E-state index contributed by atoms with van der Waals surface area (Å²) in [7, 11) is 1.64. The van der Waals surface area contributed by atoms with E-state index in [0.29, 0.717) is 5.88 Å². The maximum Gasteiger partial charge on any atom is 0.222 e. The van der Waals surface area contributed by atoms with Crippen molar-refractivity contribution in [3.8, 4) is 17.4 Å². The molecule has 0 radical (unpaired) electrons. The average molecular weight is 308 g/mol. The van der Waals surface area contributed by atoms with Crippen LogP contribution in [0.1, 0.15) is 11.1 Å². The summed E-state index contributed by atoms with van der Waals surface area (Å²) in [4.78, 5) is 4.30. The number of ether oxygens (including phenoxy) is 2. The number of aromatic nitrogens is 1. The van der Waals surface area contributed by atoms with Gasteiger partial charge in [-0.1, -0.05) is 15.9 Å². The molecule has 0 spiro atoms. The third-order valence-electron chi connectivity index (χ3n) is 2.52. The Bertz CT molecular complexity index is 526. The molecule has 2 aromatic rings. The van der Waals surface area contributed by atoms with Gasteiger partial charge in [-0.2, -0.15) is 0 Å². The molecule has 3 nitrogen and oxygen atoms in total. The zero-order valence-electron chi connectivity index (χ0n) is 10.3. The Balaban J connectivity index is 2.17. The molecule has 0 amide bonds. The van der Waals surface area contributed by atoms with Gasteiger partial charge in [0.05, 0.1) is 7.11 Å². The second-order valence-electron chi connectivity index (χ2n) is 3.88. The molecule has 0 atom stereocenters. The smallest absolute Gasteiger partial charge is 0.222 e. The van der Waals surface area contributed by atoms with Crippen LogP contribution in [-0.2, 0) is 5.33 Å². The molecule has 0 unspecified atom stereocenters. The summed E-state index contributed by atoms with van der Waals surface area (Å²) < 4.78 is 10.8. The van der Waals surface area contributed by atoms with Gasteiger partial charge in [0.25, 0.3) is 0 Å². The maximum atomic E-state index is 5.73. The Morgan fingerprint density at radius 3 is 2.39 bits per heavy atom. The van der Waals surface area contributed by atoms with Crippen LogP contribution in [0, 0.1) is 6.92 Å². The van der Waals surface area contributed by atoms with E-state index in [0.717, 1.165) is 28.0 Å². The minimum atomic E-state index is 0.630. The summed E-state index contributed by atoms with van der Waals surface area (Å²) in [6, 6.07) is 9.49. The van der Waals surface area contributed by atoms with Crippen molar-refractivity contribution in [3.63, 3.8) is 0 Å². The van der Waals surface area contributed by atoms with Gasteiger partial charge in [-0.25, -0.2) is 4.98 Å². The summed E-state index contributed by atoms with van der Waals surface area (Å²) in [6.45, 7) is 1.98. The van der Waals surface area contributed by atoms with Gasteiger partial charge in [-0.15, -0.1) is 0 Å². The van der Waals surface area contributed by atoms with Crippen LogP contribution >= 0.6 is 15.9 Å². The molecule has 2 rings (SSSR count). The second-order valence-corrected chi connectivity index (χ2v) is 4.44. The van der Waals surface area contributed by atoms with E-state index in [1.807, 2.05) is 31.2 Å². The van der Waals surface area contributed by atoms with Crippen molar-refractivity contribution < 1.29 is 9.47 Å². The lowest BCUT2D eigenvalue weighted by atomic mass is 10.2. The normalized spacial score (nSPS) is 10.2. The molecule has 0 saturated heterocycles. The van der Waals surface area contributed by atoms with Gasteiger partial charge in [0.2, 0.25) is 5.88 Å². The quantitative estimate of drug-likeness (QED) is 0.797. The number of halogens is 1. The largest absolute Gasteiger partial charge is 0.497 e. The molecule has 0 saturated carbocycles. The Morgan fingerprint density at radius 2 is 1.83 bits per heavy atom. The molecule has 0 N–H and O–H groups in total. The van der Waals surface area contributed by atoms with Crippen molar-refractivity contribution in [1.29, 1.82) is 0 Å². The van der Waals surface area contributed by atoms with Crippen LogP contribution in [-0.4, -0.2) is 12.1 Å². The summed E-state index contributed by atoms with van der Waals surface area (Å²) in [5, 5.41) is 0.795. The van der Waals surface area contributed by atoms with Gasteiger partial charge < -0.3 is 9.47 Å². The summed E-state index contributed by atoms with van der Waals surface area (Å²) in [5.41, 5.74) is 2.15. The minimum Gasteiger partial charge on any atom is -0.497 e. The summed E-state index contributed by atoms with van der Waals surface area (Å²) >= 11 is 3.40. The zero-order chi connectivity index (χ0) is 13.0. The first-order valence-electron chi connectivity index (χ1n) is 5.56. The van der Waals surface area contributed by atoms with E-state index in [2.05, 4.69) is 27.0 Å². The fraction of sp³-hybridized carbons (Fsp3) is 0.214. The van der Waals surface area contributed by atoms with E-state index >= 15 is 0 Å². The van der Waals surface area contributed by atoms with Crippen molar-refractivity contribution in [2.24, 2.45) is 0 Å². The van der Waals surface area contributed by atoms with Crippen LogP contribution in [0.25, 0.3) is 0 Å². The average Bonchev–Trinajstić information content (AvgIpc) is 2.42. The SMILES string of the molecule is COc1ccc(Oc2ncc(CBr)cc2C)cc1. The van der Waals surface area contributed by atoms with Gasteiger partial charge in [0, 0.05) is 17.1 Å². The van der Waals surface area contributed by atoms with Crippen molar-refractivity contribution in [1.82, 2.24) is 4.98 Å². The van der Waals surface area contributed by atoms with Crippen LogP contribution in [0.4, 0.5) is 0 Å². The minimum absolute atomic E-state index is 0.630. The number of alkyl halides is 1. The van der Waals surface area contributed by atoms with Crippen LogP contribution in [0.2, 0.25) is 0 Å². The number of rotatable bonds is 4. The summed E-state index contributed by atoms with van der Waals surface area (Å²) in [6.07, 6.45) is 1.81. The van der Waals surface area contributed by atoms with Gasteiger partial charge in [-0.05, 0) is 42.8 Å². The molecule has 1 aromatic carbocycles. The number of hydrogen-bond acceptors (Lipinski definition) is 3. The first-order chi connectivity index (χ1) is 8.72. The number of nitrogens with zero attached hydrogens (tertiary/aromatic N) is 1. The van der Waals surface area contributed by atoms with Gasteiger partial charge >= 0.3 is 0 Å². The van der Waals surface area contributed by atoms with E-state index in [1.165, 1.54) is 0 Å². The van der Waals surface area contributed by atoms with Crippen molar-refractivity contribution in [3.05, 3.63) is 47.7 Å². The summed E-state index contributed by atoms with van der Waals surface area (Å²) in [5.74, 6) is 2.18. The Labute approximate surface area is 115 Å². The molecule has 0 fully saturated rings. The standard InChI is InChI=1S/C14H14BrNO2/c1-10-7-11(8-15)9-16-14(10)18-13-5-3-12(17-2)4-6-13/h3-7,9H,8H2,1-2H3. The van der Waals surface area contributed by atoms with Crippen molar-refractivity contribution in [2.45, 2.75) is 12.3 Å². The third-order valence-corrected chi connectivity index (χ3v) is 3.16. The molecule has 18 heavy (non-hydrogen) atoms. The van der Waals surface area contributed by atoms with E-state index < -0.39 is 0 Å². The fourth-order valence-electron chi connectivity index (χ4n) is 1.56. The number of benzene rings is 1. The number of hydrogen-bond donors (Lipinski definition) is 0. The number of aryl methyl sites for hydroxylation is 1. The van der Waals surface area contributed by atoms with E-state index in [1.54, 1.807) is 13.3 Å². The molecular weight excluding hydrogens is 294 g/mol. The first kappa shape index (κ1) is 12.9. The molecule has 0 aliphatic rings. The molecule has 1 aromatic heterocycles. The predicted molar refractivity (Wildman–Crippen MR) is 74.7 cm³/mol. The zero-order valence-corrected chi connectivity index (χ0v) is 11.9. The van der Waals surface area contributed by atoms with E-state index in [4.69, 9.17) is 9.47 Å². The van der Waals surface area contributed by atoms with Gasteiger partial charge in [0.15, 0.2) is 0 Å². The highest BCUT2D eigenvalue weighted by Gasteiger charge is 2.04. The monoisotopic (exact) mass is 307 g/mol. The predicted octanol–water partition coefficient (Wildman–Crippen LogP) is 4.09. The highest BCUT2D eigenvalue weighted by molar-refractivity contribution is 9.08. The Morgan fingerprint density at radius 1 is 1.17 bits per heavy atom. The Hall–Kier alpha value is -1.55. The lowest BCUT2D eigenvalue weighted by Crippen LogP contribution is -1.93. The number of methoxy groups -OCH3 is 1. The van der Waals surface area contributed by atoms with Gasteiger partial charge in [0.1, 0.15) is 11.5 Å². The Kier molecular flexibility index (Phi) is 4.20. The topological polar surface area (TPSA) is 31.4 Å². The lowest BCUT2D eigenvalue weighted by molar-refractivity contribution is 0.412. The molecule has 0 aliphatic carbocycles. The highest BCUT2D eigenvalue weighted by Crippen LogP contribution is 2.25. The van der Waals surface area contributed by atoms with Crippen molar-refractivity contribution in [2.75, 3.05) is 7.11 Å². The molecule has 94 valence electrons. The molecule has 1 heterocycles. The van der Waals surface area contributed by atoms with E-state index in [9.17, 15) is 0 Å². The molecular formula is C14H14BrNO2. The lowest BCUT2D eigenvalue weighted by Gasteiger charge is -2.08. The highest BCUT2D eigenvalue weighted by atomic mass is 79.9. The number of pyridine rings is 1. The van der Waals surface area contributed by atoms with Crippen LogP contribution < -0.4 is 9.47 Å². The molecule has 0 aliphatic heterocycles. The van der Waals surface area contributed by atoms with Crippen molar-refractivity contribution >= 4 is 15.9 Å². The van der Waals surface area contributed by atoms with Crippen LogP contribution in [0.5, 0.6) is 17.4 Å².